The van der Waals surface area contributed by atoms with Crippen molar-refractivity contribution >= 4 is 39.3 Å². The van der Waals surface area contributed by atoms with Gasteiger partial charge in [0.25, 0.3) is 0 Å². The summed E-state index contributed by atoms with van der Waals surface area (Å²) in [5.74, 6) is 0. The Morgan fingerprint density at radius 2 is 1.94 bits per heavy atom. The minimum Gasteiger partial charge on any atom is -0.248 e. The van der Waals surface area contributed by atoms with Crippen LogP contribution < -0.4 is 0 Å². The Morgan fingerprint density at radius 1 is 1.18 bits per heavy atom. The van der Waals surface area contributed by atoms with Crippen LogP contribution in [0.2, 0.25) is 5.15 Å². The van der Waals surface area contributed by atoms with Gasteiger partial charge in [0.05, 0.1) is 4.47 Å². The highest BCUT2D eigenvalue weighted by molar-refractivity contribution is 9.10. The van der Waals surface area contributed by atoms with E-state index >= 15 is 0 Å². The molecule has 0 atom stereocenters. The van der Waals surface area contributed by atoms with Crippen LogP contribution in [-0.4, -0.2) is 15.2 Å². The molecule has 0 saturated carbocycles. The average Bonchev–Trinajstić information content (AvgIpc) is 2.32. The van der Waals surface area contributed by atoms with Crippen molar-refractivity contribution in [1.82, 2.24) is 15.2 Å². The van der Waals surface area contributed by atoms with Gasteiger partial charge in [0.15, 0.2) is 5.15 Å². The van der Waals surface area contributed by atoms with Gasteiger partial charge in [-0.3, -0.25) is 0 Å². The lowest BCUT2D eigenvalue weighted by atomic mass is 10.2. The lowest BCUT2D eigenvalue weighted by Gasteiger charge is -2.07. The Morgan fingerprint density at radius 3 is 2.65 bits per heavy atom. The zero-order chi connectivity index (χ0) is 12.4. The molecule has 3 nitrogen and oxygen atoms in total. The van der Waals surface area contributed by atoms with E-state index in [0.717, 1.165) is 25.7 Å². The Hall–Kier alpha value is -0.650. The summed E-state index contributed by atoms with van der Waals surface area (Å²) in [6.45, 7) is 3.92. The zero-order valence-corrected chi connectivity index (χ0v) is 12.4. The van der Waals surface area contributed by atoms with Crippen molar-refractivity contribution in [2.24, 2.45) is 0 Å². The van der Waals surface area contributed by atoms with Crippen molar-refractivity contribution in [3.05, 3.63) is 39.1 Å². The first-order valence-electron chi connectivity index (χ1n) is 4.87. The monoisotopic (exact) mass is 329 g/mol. The van der Waals surface area contributed by atoms with Crippen LogP contribution in [-0.2, 0) is 0 Å². The predicted molar refractivity (Wildman–Crippen MR) is 72.6 cm³/mol. The smallest absolute Gasteiger partial charge is 0.154 e. The van der Waals surface area contributed by atoms with Gasteiger partial charge in [-0.1, -0.05) is 11.6 Å². The molecule has 0 spiro atoms. The molecule has 6 heteroatoms. The van der Waals surface area contributed by atoms with Crippen LogP contribution in [0.1, 0.15) is 11.1 Å². The standard InChI is InChI=1S/C11H9BrClN3S/c1-6-7(2)10(16-15-9(6)13)17-11-8(12)4-3-5-14-11/h3-5H,1-2H3. The van der Waals surface area contributed by atoms with Gasteiger partial charge >= 0.3 is 0 Å². The summed E-state index contributed by atoms with van der Waals surface area (Å²) in [5, 5.41) is 10.2. The van der Waals surface area contributed by atoms with Crippen molar-refractivity contribution in [1.29, 1.82) is 0 Å². The molecular weight excluding hydrogens is 322 g/mol. The van der Waals surface area contributed by atoms with Gasteiger partial charge in [0.2, 0.25) is 0 Å². The maximum atomic E-state index is 5.91. The van der Waals surface area contributed by atoms with Crippen LogP contribution in [0, 0.1) is 13.8 Å². The molecule has 2 rings (SSSR count). The third kappa shape index (κ3) is 2.78. The second kappa shape index (κ2) is 5.33. The van der Waals surface area contributed by atoms with Crippen LogP contribution >= 0.6 is 39.3 Å². The van der Waals surface area contributed by atoms with E-state index in [9.17, 15) is 0 Å². The molecule has 17 heavy (non-hydrogen) atoms. The molecule has 0 aromatic carbocycles. The SMILES string of the molecule is Cc1c(Cl)nnc(Sc2ncccc2Br)c1C. The molecule has 2 aromatic rings. The molecule has 0 amide bonds. The quantitative estimate of drug-likeness (QED) is 0.832. The van der Waals surface area contributed by atoms with E-state index in [0.29, 0.717) is 5.15 Å². The first-order chi connectivity index (χ1) is 8.09. The van der Waals surface area contributed by atoms with Crippen molar-refractivity contribution in [3.63, 3.8) is 0 Å². The summed E-state index contributed by atoms with van der Waals surface area (Å²) in [6, 6.07) is 3.82. The summed E-state index contributed by atoms with van der Waals surface area (Å²) < 4.78 is 0.943. The van der Waals surface area contributed by atoms with Crippen LogP contribution in [0.15, 0.2) is 32.9 Å². The van der Waals surface area contributed by atoms with Crippen molar-refractivity contribution in [3.8, 4) is 0 Å². The second-order valence-electron chi connectivity index (χ2n) is 3.44. The van der Waals surface area contributed by atoms with Gasteiger partial charge in [-0.2, -0.15) is 0 Å². The first-order valence-corrected chi connectivity index (χ1v) is 6.86. The second-order valence-corrected chi connectivity index (χ2v) is 5.63. The minimum absolute atomic E-state index is 0.451. The maximum absolute atomic E-state index is 5.91. The number of pyridine rings is 1. The summed E-state index contributed by atoms with van der Waals surface area (Å²) in [7, 11) is 0. The van der Waals surface area contributed by atoms with Crippen LogP contribution in [0.4, 0.5) is 0 Å². The van der Waals surface area contributed by atoms with E-state index in [1.54, 1.807) is 6.20 Å². The molecular formula is C11H9BrClN3S. The third-order valence-corrected chi connectivity index (χ3v) is 4.70. The number of halogens is 2. The van der Waals surface area contributed by atoms with Gasteiger partial charge in [-0.15, -0.1) is 10.2 Å². The lowest BCUT2D eigenvalue weighted by Crippen LogP contribution is -1.95. The minimum atomic E-state index is 0.451. The fraction of sp³-hybridized carbons (Fsp3) is 0.182. The number of hydrogen-bond donors (Lipinski definition) is 0. The van der Waals surface area contributed by atoms with Gasteiger partial charge in [0, 0.05) is 6.20 Å². The summed E-state index contributed by atoms with van der Waals surface area (Å²) >= 11 is 10.8. The molecule has 0 fully saturated rings. The fourth-order valence-electron chi connectivity index (χ4n) is 1.19. The molecule has 0 aliphatic carbocycles. The number of rotatable bonds is 2. The van der Waals surface area contributed by atoms with Crippen molar-refractivity contribution in [2.45, 2.75) is 23.9 Å². The molecule has 0 saturated heterocycles. The van der Waals surface area contributed by atoms with Gasteiger partial charge < -0.3 is 0 Å². The van der Waals surface area contributed by atoms with Gasteiger partial charge in [-0.05, 0) is 64.8 Å². The largest absolute Gasteiger partial charge is 0.248 e. The molecule has 0 aliphatic heterocycles. The van der Waals surface area contributed by atoms with E-state index in [2.05, 4.69) is 31.1 Å². The third-order valence-electron chi connectivity index (χ3n) is 2.34. The Bertz CT molecular complexity index is 562. The van der Waals surface area contributed by atoms with Crippen LogP contribution in [0.5, 0.6) is 0 Å². The highest BCUT2D eigenvalue weighted by Crippen LogP contribution is 2.33. The number of nitrogens with zero attached hydrogens (tertiary/aromatic N) is 3. The van der Waals surface area contributed by atoms with Crippen molar-refractivity contribution in [2.75, 3.05) is 0 Å². The van der Waals surface area contributed by atoms with Gasteiger partial charge in [0.1, 0.15) is 10.1 Å². The van der Waals surface area contributed by atoms with E-state index in [-0.39, 0.29) is 0 Å². The molecule has 88 valence electrons. The average molecular weight is 331 g/mol. The molecule has 0 radical (unpaired) electrons. The number of hydrogen-bond acceptors (Lipinski definition) is 4. The first kappa shape index (κ1) is 12.8. The van der Waals surface area contributed by atoms with E-state index < -0.39 is 0 Å². The zero-order valence-electron chi connectivity index (χ0n) is 9.24. The molecule has 0 N–H and O–H groups in total. The van der Waals surface area contributed by atoms with E-state index in [1.807, 2.05) is 26.0 Å². The van der Waals surface area contributed by atoms with Gasteiger partial charge in [-0.25, -0.2) is 4.98 Å². The lowest BCUT2D eigenvalue weighted by molar-refractivity contribution is 0.888. The number of aromatic nitrogens is 3. The fourth-order valence-corrected chi connectivity index (χ4v) is 2.72. The van der Waals surface area contributed by atoms with E-state index in [1.165, 1.54) is 11.8 Å². The summed E-state index contributed by atoms with van der Waals surface area (Å²) in [5.41, 5.74) is 1.99. The molecule has 0 aliphatic rings. The van der Waals surface area contributed by atoms with Crippen LogP contribution in [0.3, 0.4) is 0 Å². The Labute approximate surface area is 117 Å². The molecule has 0 unspecified atom stereocenters. The topological polar surface area (TPSA) is 38.7 Å². The highest BCUT2D eigenvalue weighted by atomic mass is 79.9. The summed E-state index contributed by atoms with van der Waals surface area (Å²) in [4.78, 5) is 4.28. The Kier molecular flexibility index (Phi) is 4.01. The maximum Gasteiger partial charge on any atom is 0.154 e. The van der Waals surface area contributed by atoms with Crippen LogP contribution in [0.25, 0.3) is 0 Å². The molecule has 2 aromatic heterocycles. The molecule has 0 bridgehead atoms. The highest BCUT2D eigenvalue weighted by Gasteiger charge is 2.11. The molecule has 2 heterocycles. The van der Waals surface area contributed by atoms with Crippen molar-refractivity contribution < 1.29 is 0 Å². The Balaban J connectivity index is 2.38. The van der Waals surface area contributed by atoms with E-state index in [4.69, 9.17) is 11.6 Å². The summed E-state index contributed by atoms with van der Waals surface area (Å²) in [6.07, 6.45) is 1.75. The predicted octanol–water partition coefficient (Wildman–Crippen LogP) is 4.06. The normalized spacial score (nSPS) is 10.6.